The van der Waals surface area contributed by atoms with E-state index in [1.807, 2.05) is 0 Å². The molecule has 3 N–H and O–H groups in total. The topological polar surface area (TPSA) is 108 Å². The van der Waals surface area contributed by atoms with Gasteiger partial charge < -0.3 is 10.6 Å². The molecule has 0 atom stereocenters. The molecule has 0 radical (unpaired) electrons. The maximum Gasteiger partial charge on any atom is 0.269 e. The number of amides is 1. The Kier molecular flexibility index (Phi) is 5.15. The first-order valence-electron chi connectivity index (χ1n) is 9.04. The SMILES string of the molecule is CNCc1cc(F)c(-c2ncc3[nH]nc(-c4ccc(C(=O)NC)nc4)c3n2)c(F)c1. The normalized spacial score (nSPS) is 11.1. The van der Waals surface area contributed by atoms with Crippen LogP contribution in [0.2, 0.25) is 0 Å². The van der Waals surface area contributed by atoms with Gasteiger partial charge in [0, 0.05) is 25.4 Å². The summed E-state index contributed by atoms with van der Waals surface area (Å²) in [6, 6.07) is 5.72. The van der Waals surface area contributed by atoms with Crippen LogP contribution >= 0.6 is 0 Å². The van der Waals surface area contributed by atoms with Crippen LogP contribution in [-0.4, -0.2) is 45.2 Å². The van der Waals surface area contributed by atoms with E-state index >= 15 is 0 Å². The average molecular weight is 409 g/mol. The van der Waals surface area contributed by atoms with Gasteiger partial charge in [-0.2, -0.15) is 5.10 Å². The molecule has 152 valence electrons. The molecule has 0 aliphatic rings. The predicted molar refractivity (Wildman–Crippen MR) is 106 cm³/mol. The maximum absolute atomic E-state index is 14.6. The van der Waals surface area contributed by atoms with Gasteiger partial charge in [0.15, 0.2) is 5.82 Å². The van der Waals surface area contributed by atoms with Gasteiger partial charge in [-0.25, -0.2) is 18.7 Å². The second-order valence-electron chi connectivity index (χ2n) is 6.50. The Morgan fingerprint density at radius 1 is 1.10 bits per heavy atom. The zero-order valence-electron chi connectivity index (χ0n) is 16.1. The van der Waals surface area contributed by atoms with Gasteiger partial charge in [-0.3, -0.25) is 14.9 Å². The van der Waals surface area contributed by atoms with E-state index in [0.29, 0.717) is 34.4 Å². The number of fused-ring (bicyclic) bond motifs is 1. The summed E-state index contributed by atoms with van der Waals surface area (Å²) in [4.78, 5) is 24.2. The number of hydrogen-bond donors (Lipinski definition) is 3. The van der Waals surface area contributed by atoms with Crippen LogP contribution in [0.15, 0.2) is 36.7 Å². The minimum absolute atomic E-state index is 0.0916. The number of rotatable bonds is 5. The fraction of sp³-hybridized carbons (Fsp3) is 0.150. The van der Waals surface area contributed by atoms with Crippen LogP contribution in [0.25, 0.3) is 33.7 Å². The molecule has 8 nitrogen and oxygen atoms in total. The van der Waals surface area contributed by atoms with Gasteiger partial charge in [0.05, 0.1) is 11.8 Å². The predicted octanol–water partition coefficient (Wildman–Crippen LogP) is 2.44. The highest BCUT2D eigenvalue weighted by Crippen LogP contribution is 2.29. The van der Waals surface area contributed by atoms with E-state index in [0.717, 1.165) is 0 Å². The van der Waals surface area contributed by atoms with Crippen molar-refractivity contribution in [2.24, 2.45) is 0 Å². The summed E-state index contributed by atoms with van der Waals surface area (Å²) in [5, 5.41) is 12.4. The van der Waals surface area contributed by atoms with Gasteiger partial charge in [-0.05, 0) is 36.9 Å². The minimum Gasteiger partial charge on any atom is -0.354 e. The summed E-state index contributed by atoms with van der Waals surface area (Å²) >= 11 is 0. The third-order valence-electron chi connectivity index (χ3n) is 4.50. The summed E-state index contributed by atoms with van der Waals surface area (Å²) in [6.45, 7) is 0.332. The van der Waals surface area contributed by atoms with Gasteiger partial charge in [0.25, 0.3) is 5.91 Å². The monoisotopic (exact) mass is 409 g/mol. The number of carbonyl (C=O) groups excluding carboxylic acids is 1. The van der Waals surface area contributed by atoms with Crippen molar-refractivity contribution in [1.29, 1.82) is 0 Å². The van der Waals surface area contributed by atoms with E-state index < -0.39 is 11.6 Å². The molecule has 30 heavy (non-hydrogen) atoms. The molecule has 1 aromatic carbocycles. The number of hydrogen-bond acceptors (Lipinski definition) is 6. The van der Waals surface area contributed by atoms with Crippen LogP contribution in [-0.2, 0) is 6.54 Å². The van der Waals surface area contributed by atoms with Crippen LogP contribution < -0.4 is 10.6 Å². The van der Waals surface area contributed by atoms with E-state index in [2.05, 4.69) is 35.8 Å². The van der Waals surface area contributed by atoms with Crippen molar-refractivity contribution < 1.29 is 13.6 Å². The van der Waals surface area contributed by atoms with Crippen LogP contribution in [0.3, 0.4) is 0 Å². The lowest BCUT2D eigenvalue weighted by molar-refractivity contribution is 0.0958. The fourth-order valence-electron chi connectivity index (χ4n) is 3.08. The zero-order valence-corrected chi connectivity index (χ0v) is 16.1. The van der Waals surface area contributed by atoms with Crippen molar-refractivity contribution >= 4 is 16.9 Å². The Morgan fingerprint density at radius 3 is 2.50 bits per heavy atom. The first-order valence-corrected chi connectivity index (χ1v) is 9.04. The van der Waals surface area contributed by atoms with Crippen molar-refractivity contribution in [2.45, 2.75) is 6.54 Å². The summed E-state index contributed by atoms with van der Waals surface area (Å²) < 4.78 is 29.2. The van der Waals surface area contributed by atoms with Gasteiger partial charge in [0.1, 0.15) is 34.1 Å². The van der Waals surface area contributed by atoms with E-state index in [-0.39, 0.29) is 23.0 Å². The molecule has 0 saturated carbocycles. The number of H-pyrrole nitrogens is 1. The van der Waals surface area contributed by atoms with Crippen LogP contribution in [0, 0.1) is 11.6 Å². The molecule has 0 spiro atoms. The van der Waals surface area contributed by atoms with Crippen molar-refractivity contribution in [3.05, 3.63) is 59.6 Å². The second-order valence-corrected chi connectivity index (χ2v) is 6.50. The maximum atomic E-state index is 14.6. The smallest absolute Gasteiger partial charge is 0.269 e. The van der Waals surface area contributed by atoms with E-state index in [1.54, 1.807) is 19.2 Å². The molecule has 4 rings (SSSR count). The van der Waals surface area contributed by atoms with E-state index in [4.69, 9.17) is 0 Å². The number of nitrogens with one attached hydrogen (secondary N) is 3. The minimum atomic E-state index is -0.749. The number of carbonyl (C=O) groups is 1. The molecule has 0 unspecified atom stereocenters. The average Bonchev–Trinajstić information content (AvgIpc) is 3.16. The van der Waals surface area contributed by atoms with E-state index in [1.165, 1.54) is 31.6 Å². The number of aromatic amines is 1. The molecule has 3 aromatic heterocycles. The fourth-order valence-corrected chi connectivity index (χ4v) is 3.08. The van der Waals surface area contributed by atoms with Gasteiger partial charge >= 0.3 is 0 Å². The largest absolute Gasteiger partial charge is 0.354 e. The summed E-state index contributed by atoms with van der Waals surface area (Å²) in [6.07, 6.45) is 2.90. The van der Waals surface area contributed by atoms with Crippen LogP contribution in [0.4, 0.5) is 8.78 Å². The lowest BCUT2D eigenvalue weighted by atomic mass is 10.1. The third kappa shape index (κ3) is 3.48. The lowest BCUT2D eigenvalue weighted by Crippen LogP contribution is -2.18. The standard InChI is InChI=1S/C20H17F2N7O/c1-23-7-10-5-12(21)16(13(22)6-10)19-26-9-15-18(27-19)17(29-28-15)11-3-4-14(25-8-11)20(30)24-2/h3-6,8-9,23H,7H2,1-2H3,(H,24,30)(H,28,29). The molecule has 0 fully saturated rings. The molecule has 0 aliphatic heterocycles. The molecule has 0 bridgehead atoms. The zero-order chi connectivity index (χ0) is 21.3. The molecule has 1 amide bonds. The first-order chi connectivity index (χ1) is 14.5. The number of aromatic nitrogens is 5. The summed E-state index contributed by atoms with van der Waals surface area (Å²) in [7, 11) is 3.21. The van der Waals surface area contributed by atoms with Crippen LogP contribution in [0.1, 0.15) is 16.1 Å². The Labute approximate surface area is 169 Å². The van der Waals surface area contributed by atoms with Crippen molar-refractivity contribution in [2.75, 3.05) is 14.1 Å². The highest BCUT2D eigenvalue weighted by molar-refractivity contribution is 5.93. The number of nitrogens with zero attached hydrogens (tertiary/aromatic N) is 4. The number of benzene rings is 1. The van der Waals surface area contributed by atoms with Crippen LogP contribution in [0.5, 0.6) is 0 Å². The Morgan fingerprint density at radius 2 is 1.87 bits per heavy atom. The highest BCUT2D eigenvalue weighted by atomic mass is 19.1. The molecule has 3 heterocycles. The van der Waals surface area contributed by atoms with Crippen molar-refractivity contribution in [1.82, 2.24) is 35.8 Å². The molecule has 10 heteroatoms. The van der Waals surface area contributed by atoms with Crippen molar-refractivity contribution in [3.63, 3.8) is 0 Å². The molecule has 0 aliphatic carbocycles. The third-order valence-corrected chi connectivity index (χ3v) is 4.50. The number of halogens is 2. The Bertz CT molecular complexity index is 1210. The Hall–Kier alpha value is -3.79. The second kappa shape index (κ2) is 7.91. The van der Waals surface area contributed by atoms with Gasteiger partial charge in [-0.1, -0.05) is 0 Å². The quantitative estimate of drug-likeness (QED) is 0.467. The van der Waals surface area contributed by atoms with Crippen molar-refractivity contribution in [3.8, 4) is 22.6 Å². The van der Waals surface area contributed by atoms with Gasteiger partial charge in [0.2, 0.25) is 0 Å². The van der Waals surface area contributed by atoms with E-state index in [9.17, 15) is 13.6 Å². The number of pyridine rings is 1. The summed E-state index contributed by atoms with van der Waals surface area (Å²) in [5.74, 6) is -1.90. The molecular weight excluding hydrogens is 392 g/mol. The van der Waals surface area contributed by atoms with Gasteiger partial charge in [-0.15, -0.1) is 0 Å². The lowest BCUT2D eigenvalue weighted by Gasteiger charge is -2.07. The molecular formula is C20H17F2N7O. The Balaban J connectivity index is 1.78. The first kappa shape index (κ1) is 19.5. The highest BCUT2D eigenvalue weighted by Gasteiger charge is 2.19. The molecule has 0 saturated heterocycles. The molecule has 4 aromatic rings. The summed E-state index contributed by atoms with van der Waals surface area (Å²) in [5.41, 5.74) is 2.31.